The highest BCUT2D eigenvalue weighted by atomic mass is 16.5. The van der Waals surface area contributed by atoms with Crippen LogP contribution >= 0.6 is 0 Å². The number of carbonyl (C=O) groups excluding carboxylic acids is 1. The highest BCUT2D eigenvalue weighted by Gasteiger charge is 2.04. The monoisotopic (exact) mass is 164 g/mol. The van der Waals surface area contributed by atoms with Crippen molar-refractivity contribution in [3.05, 3.63) is 29.8 Å². The second-order valence-corrected chi connectivity index (χ2v) is 2.23. The molecule has 0 atom stereocenters. The van der Waals surface area contributed by atoms with Crippen LogP contribution in [0, 0.1) is 6.07 Å². The van der Waals surface area contributed by atoms with Gasteiger partial charge < -0.3 is 10.1 Å². The first-order valence-corrected chi connectivity index (χ1v) is 3.55. The van der Waals surface area contributed by atoms with Gasteiger partial charge in [-0.1, -0.05) is 6.07 Å². The van der Waals surface area contributed by atoms with Crippen LogP contribution in [0.4, 0.5) is 5.69 Å². The summed E-state index contributed by atoms with van der Waals surface area (Å²) in [5.74, 6) is -0.333. The van der Waals surface area contributed by atoms with Gasteiger partial charge in [0.05, 0.1) is 12.7 Å². The van der Waals surface area contributed by atoms with E-state index in [-0.39, 0.29) is 5.97 Å². The summed E-state index contributed by atoms with van der Waals surface area (Å²) in [5.41, 5.74) is 1.30. The quantitative estimate of drug-likeness (QED) is 0.670. The average Bonchev–Trinajstić information content (AvgIpc) is 2.17. The molecule has 0 spiro atoms. The first-order chi connectivity index (χ1) is 5.77. The molecule has 0 unspecified atom stereocenters. The van der Waals surface area contributed by atoms with E-state index in [1.165, 1.54) is 7.11 Å². The number of hydrogen-bond donors (Lipinski definition) is 1. The molecule has 0 saturated heterocycles. The van der Waals surface area contributed by atoms with Crippen molar-refractivity contribution in [3.8, 4) is 0 Å². The molecule has 0 aliphatic heterocycles. The Balaban J connectivity index is 2.93. The molecule has 12 heavy (non-hydrogen) atoms. The van der Waals surface area contributed by atoms with E-state index in [0.717, 1.165) is 5.69 Å². The number of hydrogen-bond acceptors (Lipinski definition) is 3. The summed E-state index contributed by atoms with van der Waals surface area (Å²) in [4.78, 5) is 11.0. The van der Waals surface area contributed by atoms with E-state index in [4.69, 9.17) is 0 Å². The lowest BCUT2D eigenvalue weighted by Crippen LogP contribution is -2.01. The Labute approximate surface area is 71.4 Å². The second kappa shape index (κ2) is 3.76. The molecule has 0 saturated carbocycles. The van der Waals surface area contributed by atoms with E-state index >= 15 is 0 Å². The molecule has 1 radical (unpaired) electrons. The molecule has 0 fully saturated rings. The molecular weight excluding hydrogens is 154 g/mol. The SMILES string of the molecule is CNc1[c]ccc(C(=O)OC)c1. The largest absolute Gasteiger partial charge is 0.465 e. The van der Waals surface area contributed by atoms with Gasteiger partial charge in [0.2, 0.25) is 0 Å². The number of carbonyl (C=O) groups is 1. The fourth-order valence-corrected chi connectivity index (χ4v) is 0.856. The number of nitrogens with one attached hydrogen (secondary N) is 1. The van der Waals surface area contributed by atoms with Crippen LogP contribution < -0.4 is 5.32 Å². The van der Waals surface area contributed by atoms with Crippen molar-refractivity contribution in [2.24, 2.45) is 0 Å². The van der Waals surface area contributed by atoms with E-state index in [9.17, 15) is 4.79 Å². The third-order valence-electron chi connectivity index (χ3n) is 1.49. The van der Waals surface area contributed by atoms with Gasteiger partial charge in [0.25, 0.3) is 0 Å². The highest BCUT2D eigenvalue weighted by Crippen LogP contribution is 2.09. The molecule has 1 rings (SSSR count). The van der Waals surface area contributed by atoms with Crippen LogP contribution in [0.15, 0.2) is 18.2 Å². The van der Waals surface area contributed by atoms with Crippen LogP contribution in [0.1, 0.15) is 10.4 Å². The number of esters is 1. The minimum atomic E-state index is -0.333. The summed E-state index contributed by atoms with van der Waals surface area (Å²) in [5, 5.41) is 2.88. The zero-order chi connectivity index (χ0) is 8.97. The molecule has 3 nitrogen and oxygen atoms in total. The lowest BCUT2D eigenvalue weighted by Gasteiger charge is -2.01. The van der Waals surface area contributed by atoms with Gasteiger partial charge in [0.1, 0.15) is 0 Å². The van der Waals surface area contributed by atoms with E-state index < -0.39 is 0 Å². The Hall–Kier alpha value is -1.51. The average molecular weight is 164 g/mol. The lowest BCUT2D eigenvalue weighted by atomic mass is 10.2. The molecule has 0 bridgehead atoms. The van der Waals surface area contributed by atoms with Gasteiger partial charge in [0, 0.05) is 18.8 Å². The smallest absolute Gasteiger partial charge is 0.337 e. The molecule has 0 heterocycles. The third-order valence-corrected chi connectivity index (χ3v) is 1.49. The number of anilines is 1. The van der Waals surface area contributed by atoms with Gasteiger partial charge in [-0.3, -0.25) is 0 Å². The second-order valence-electron chi connectivity index (χ2n) is 2.23. The van der Waals surface area contributed by atoms with Gasteiger partial charge in [-0.15, -0.1) is 0 Å². The fraction of sp³-hybridized carbons (Fsp3) is 0.222. The maximum absolute atomic E-state index is 11.0. The topological polar surface area (TPSA) is 38.3 Å². The fourth-order valence-electron chi connectivity index (χ4n) is 0.856. The molecule has 0 amide bonds. The van der Waals surface area contributed by atoms with Crippen molar-refractivity contribution in [2.45, 2.75) is 0 Å². The maximum atomic E-state index is 11.0. The van der Waals surface area contributed by atoms with Gasteiger partial charge >= 0.3 is 5.97 Å². The minimum Gasteiger partial charge on any atom is -0.465 e. The Kier molecular flexibility index (Phi) is 2.69. The first kappa shape index (κ1) is 8.59. The summed E-state index contributed by atoms with van der Waals surface area (Å²) in [6.07, 6.45) is 0. The maximum Gasteiger partial charge on any atom is 0.337 e. The zero-order valence-corrected chi connectivity index (χ0v) is 7.05. The number of ether oxygens (including phenoxy) is 1. The van der Waals surface area contributed by atoms with Crippen LogP contribution in [0.3, 0.4) is 0 Å². The summed E-state index contributed by atoms with van der Waals surface area (Å²) >= 11 is 0. The number of rotatable bonds is 2. The molecule has 1 aromatic carbocycles. The van der Waals surface area contributed by atoms with Crippen LogP contribution in [0.25, 0.3) is 0 Å². The van der Waals surface area contributed by atoms with Crippen molar-refractivity contribution in [1.29, 1.82) is 0 Å². The van der Waals surface area contributed by atoms with Crippen molar-refractivity contribution in [3.63, 3.8) is 0 Å². The molecule has 0 aliphatic rings. The Morgan fingerprint density at radius 2 is 2.42 bits per heavy atom. The van der Waals surface area contributed by atoms with Gasteiger partial charge in [-0.05, 0) is 12.1 Å². The molecule has 0 aliphatic carbocycles. The predicted molar refractivity (Wildman–Crippen MR) is 46.2 cm³/mol. The van der Waals surface area contributed by atoms with Gasteiger partial charge in [-0.25, -0.2) is 4.79 Å². The Morgan fingerprint density at radius 1 is 1.67 bits per heavy atom. The summed E-state index contributed by atoms with van der Waals surface area (Å²) in [7, 11) is 3.13. The predicted octanol–water partition coefficient (Wildman–Crippen LogP) is 1.32. The summed E-state index contributed by atoms with van der Waals surface area (Å²) in [6, 6.07) is 7.94. The van der Waals surface area contributed by atoms with Crippen molar-refractivity contribution < 1.29 is 9.53 Å². The molecule has 1 aromatic rings. The summed E-state index contributed by atoms with van der Waals surface area (Å²) in [6.45, 7) is 0. The van der Waals surface area contributed by atoms with Crippen LogP contribution in [-0.4, -0.2) is 20.1 Å². The van der Waals surface area contributed by atoms with Crippen molar-refractivity contribution in [1.82, 2.24) is 0 Å². The van der Waals surface area contributed by atoms with E-state index in [2.05, 4.69) is 16.1 Å². The minimum absolute atomic E-state index is 0.333. The van der Waals surface area contributed by atoms with Gasteiger partial charge in [0.15, 0.2) is 0 Å². The standard InChI is InChI=1S/C9H10NO2/c1-10-8-5-3-4-7(6-8)9(11)12-2/h3-4,6,10H,1-2H3. The van der Waals surface area contributed by atoms with Crippen LogP contribution in [0.5, 0.6) is 0 Å². The van der Waals surface area contributed by atoms with Crippen LogP contribution in [0.2, 0.25) is 0 Å². The number of methoxy groups -OCH3 is 1. The molecule has 1 N–H and O–H groups in total. The first-order valence-electron chi connectivity index (χ1n) is 3.55. The summed E-state index contributed by atoms with van der Waals surface area (Å²) < 4.78 is 4.56. The van der Waals surface area contributed by atoms with Crippen molar-refractivity contribution >= 4 is 11.7 Å². The normalized spacial score (nSPS) is 9.17. The van der Waals surface area contributed by atoms with Crippen molar-refractivity contribution in [2.75, 3.05) is 19.5 Å². The van der Waals surface area contributed by atoms with Crippen LogP contribution in [-0.2, 0) is 4.74 Å². The highest BCUT2D eigenvalue weighted by molar-refractivity contribution is 5.90. The molecular formula is C9H10NO2. The number of benzene rings is 1. The molecule has 63 valence electrons. The lowest BCUT2D eigenvalue weighted by molar-refractivity contribution is 0.0601. The van der Waals surface area contributed by atoms with E-state index in [0.29, 0.717) is 5.56 Å². The van der Waals surface area contributed by atoms with E-state index in [1.807, 2.05) is 0 Å². The van der Waals surface area contributed by atoms with E-state index in [1.54, 1.807) is 25.2 Å². The third kappa shape index (κ3) is 1.75. The Morgan fingerprint density at radius 3 is 3.00 bits per heavy atom. The Bertz CT molecular complexity index is 284. The van der Waals surface area contributed by atoms with Gasteiger partial charge in [-0.2, -0.15) is 0 Å². The molecule has 0 aromatic heterocycles. The zero-order valence-electron chi connectivity index (χ0n) is 7.05. The molecule has 3 heteroatoms.